The number of carboxylic acid groups (broad SMARTS) is 1. The zero-order chi connectivity index (χ0) is 9.28. The smallest absolute Gasteiger partial charge is 0.303 e. The molecule has 3 heteroatoms. The van der Waals surface area contributed by atoms with Crippen LogP contribution in [0.25, 0.3) is 0 Å². The van der Waals surface area contributed by atoms with Gasteiger partial charge in [-0.25, -0.2) is 0 Å². The monoisotopic (exact) mass is 160 g/mol. The summed E-state index contributed by atoms with van der Waals surface area (Å²) >= 11 is 0. The Bertz CT molecular complexity index is 113. The molecule has 0 radical (unpaired) electrons. The van der Waals surface area contributed by atoms with Crippen LogP contribution in [-0.4, -0.2) is 16.9 Å². The summed E-state index contributed by atoms with van der Waals surface area (Å²) in [5.74, 6) is -0.403. The van der Waals surface area contributed by atoms with E-state index in [1.807, 2.05) is 13.8 Å². The van der Waals surface area contributed by atoms with Crippen LogP contribution in [0.5, 0.6) is 0 Å². The first-order valence-corrected chi connectivity index (χ1v) is 3.81. The van der Waals surface area contributed by atoms with E-state index in [1.54, 1.807) is 6.92 Å². The van der Waals surface area contributed by atoms with E-state index in [-0.39, 0.29) is 6.42 Å². The predicted octanol–water partition coefficient (Wildman–Crippen LogP) is 1.86. The fourth-order valence-electron chi connectivity index (χ4n) is 0.250. The van der Waals surface area contributed by atoms with Gasteiger partial charge in [-0.3, -0.25) is 9.59 Å². The molecule has 0 heterocycles. The second-order valence-corrected chi connectivity index (χ2v) is 1.99. The first kappa shape index (κ1) is 12.8. The van der Waals surface area contributed by atoms with Gasteiger partial charge in [-0.2, -0.15) is 0 Å². The normalized spacial score (nSPS) is 7.91. The van der Waals surface area contributed by atoms with Crippen molar-refractivity contribution in [2.75, 3.05) is 0 Å². The second-order valence-electron chi connectivity index (χ2n) is 1.99. The summed E-state index contributed by atoms with van der Waals surface area (Å²) in [5, 5.41) is 7.72. The lowest BCUT2D eigenvalue weighted by Gasteiger charge is -1.81. The Balaban J connectivity index is 0. The molecule has 0 amide bonds. The summed E-state index contributed by atoms with van der Waals surface area (Å²) in [5.41, 5.74) is 0. The Hall–Kier alpha value is -0.860. The number of ketones is 1. The van der Waals surface area contributed by atoms with Crippen LogP contribution in [0, 0.1) is 0 Å². The van der Waals surface area contributed by atoms with Crippen LogP contribution >= 0.6 is 0 Å². The van der Waals surface area contributed by atoms with Crippen LogP contribution in [-0.2, 0) is 9.59 Å². The first-order chi connectivity index (χ1) is 5.08. The van der Waals surface area contributed by atoms with Gasteiger partial charge in [0.1, 0.15) is 5.78 Å². The zero-order valence-corrected chi connectivity index (χ0v) is 7.39. The highest BCUT2D eigenvalue weighted by molar-refractivity contribution is 5.77. The number of carboxylic acids is 1. The van der Waals surface area contributed by atoms with E-state index in [9.17, 15) is 9.59 Å². The third-order valence-corrected chi connectivity index (χ3v) is 1.09. The molecule has 0 atom stereocenters. The molecule has 0 bridgehead atoms. The molecule has 0 aromatic heterocycles. The summed E-state index contributed by atoms with van der Waals surface area (Å²) in [6.45, 7) is 5.36. The Labute approximate surface area is 67.4 Å². The number of rotatable bonds is 3. The lowest BCUT2D eigenvalue weighted by atomic mass is 10.3. The van der Waals surface area contributed by atoms with Gasteiger partial charge in [0.05, 0.1) is 0 Å². The van der Waals surface area contributed by atoms with E-state index in [2.05, 4.69) is 0 Å². The van der Waals surface area contributed by atoms with Crippen LogP contribution in [0.1, 0.15) is 40.0 Å². The maximum atomic E-state index is 10.2. The molecule has 11 heavy (non-hydrogen) atoms. The van der Waals surface area contributed by atoms with Crippen molar-refractivity contribution in [1.82, 2.24) is 0 Å². The van der Waals surface area contributed by atoms with E-state index in [0.717, 1.165) is 0 Å². The third-order valence-electron chi connectivity index (χ3n) is 1.09. The van der Waals surface area contributed by atoms with Gasteiger partial charge in [-0.05, 0) is 0 Å². The molecule has 0 aliphatic heterocycles. The van der Waals surface area contributed by atoms with E-state index in [4.69, 9.17) is 5.11 Å². The van der Waals surface area contributed by atoms with Crippen molar-refractivity contribution in [1.29, 1.82) is 0 Å². The molecule has 0 aliphatic carbocycles. The van der Waals surface area contributed by atoms with Crippen LogP contribution in [0.2, 0.25) is 0 Å². The van der Waals surface area contributed by atoms with Crippen molar-refractivity contribution < 1.29 is 14.7 Å². The summed E-state index contributed by atoms with van der Waals surface area (Å²) in [4.78, 5) is 19.5. The van der Waals surface area contributed by atoms with Gasteiger partial charge in [0.25, 0.3) is 0 Å². The van der Waals surface area contributed by atoms with Crippen molar-refractivity contribution in [3.05, 3.63) is 0 Å². The number of hydrogen-bond acceptors (Lipinski definition) is 2. The molecule has 0 spiro atoms. The van der Waals surface area contributed by atoms with Gasteiger partial charge in [0, 0.05) is 19.3 Å². The third kappa shape index (κ3) is 17.6. The Morgan fingerprint density at radius 3 is 1.27 bits per heavy atom. The van der Waals surface area contributed by atoms with Gasteiger partial charge in [-0.15, -0.1) is 0 Å². The average molecular weight is 160 g/mol. The highest BCUT2D eigenvalue weighted by Crippen LogP contribution is 1.83. The number of carbonyl (C=O) groups is 2. The molecule has 3 nitrogen and oxygen atoms in total. The fraction of sp³-hybridized carbons (Fsp3) is 0.750. The molecule has 0 aromatic carbocycles. The van der Waals surface area contributed by atoms with E-state index < -0.39 is 5.97 Å². The minimum absolute atomic E-state index is 0.222. The lowest BCUT2D eigenvalue weighted by molar-refractivity contribution is -0.136. The van der Waals surface area contributed by atoms with Gasteiger partial charge in [0.15, 0.2) is 0 Å². The molecular weight excluding hydrogens is 144 g/mol. The first-order valence-electron chi connectivity index (χ1n) is 3.81. The minimum atomic E-state index is -0.745. The fourth-order valence-corrected chi connectivity index (χ4v) is 0.250. The quantitative estimate of drug-likeness (QED) is 0.685. The summed E-state index contributed by atoms with van der Waals surface area (Å²) in [7, 11) is 0. The van der Waals surface area contributed by atoms with Crippen LogP contribution in [0.3, 0.4) is 0 Å². The molecule has 0 saturated carbocycles. The SMILES string of the molecule is CCC(=O)CC.CCC(=O)O. The number of Topliss-reactive ketones (excluding diaryl/α,β-unsaturated/α-hetero) is 1. The van der Waals surface area contributed by atoms with E-state index in [1.165, 1.54) is 0 Å². The van der Waals surface area contributed by atoms with Gasteiger partial charge in [-0.1, -0.05) is 20.8 Å². The zero-order valence-electron chi connectivity index (χ0n) is 7.39. The molecule has 0 aromatic rings. The van der Waals surface area contributed by atoms with Gasteiger partial charge >= 0.3 is 5.97 Å². The van der Waals surface area contributed by atoms with Crippen LogP contribution < -0.4 is 0 Å². The Morgan fingerprint density at radius 1 is 1.00 bits per heavy atom. The van der Waals surface area contributed by atoms with Crippen LogP contribution in [0.15, 0.2) is 0 Å². The molecule has 0 aliphatic rings. The summed E-state index contributed by atoms with van der Waals surface area (Å²) in [6.07, 6.45) is 1.60. The maximum Gasteiger partial charge on any atom is 0.303 e. The molecular formula is C8H16O3. The van der Waals surface area contributed by atoms with Crippen molar-refractivity contribution in [3.63, 3.8) is 0 Å². The van der Waals surface area contributed by atoms with Crippen molar-refractivity contribution >= 4 is 11.8 Å². The van der Waals surface area contributed by atoms with Gasteiger partial charge < -0.3 is 5.11 Å². The highest BCUT2D eigenvalue weighted by atomic mass is 16.4. The largest absolute Gasteiger partial charge is 0.481 e. The maximum absolute atomic E-state index is 10.2. The highest BCUT2D eigenvalue weighted by Gasteiger charge is 1.86. The molecule has 1 N–H and O–H groups in total. The number of hydrogen-bond donors (Lipinski definition) is 1. The minimum Gasteiger partial charge on any atom is -0.481 e. The molecule has 0 fully saturated rings. The van der Waals surface area contributed by atoms with Crippen LogP contribution in [0.4, 0.5) is 0 Å². The van der Waals surface area contributed by atoms with Crippen molar-refractivity contribution in [3.8, 4) is 0 Å². The Morgan fingerprint density at radius 2 is 1.27 bits per heavy atom. The van der Waals surface area contributed by atoms with E-state index >= 15 is 0 Å². The van der Waals surface area contributed by atoms with Crippen molar-refractivity contribution in [2.24, 2.45) is 0 Å². The predicted molar refractivity (Wildman–Crippen MR) is 43.5 cm³/mol. The molecule has 0 unspecified atom stereocenters. The summed E-state index contributed by atoms with van der Waals surface area (Å²) in [6, 6.07) is 0. The van der Waals surface area contributed by atoms with Gasteiger partial charge in [0.2, 0.25) is 0 Å². The standard InChI is InChI=1S/C5H10O.C3H6O2/c1-3-5(6)4-2;1-2-3(4)5/h3-4H2,1-2H3;2H2,1H3,(H,4,5). The Kier molecular flexibility index (Phi) is 10.6. The lowest BCUT2D eigenvalue weighted by Crippen LogP contribution is -1.88. The molecule has 0 rings (SSSR count). The second kappa shape index (κ2) is 9.14. The summed E-state index contributed by atoms with van der Waals surface area (Å²) < 4.78 is 0. The topological polar surface area (TPSA) is 54.4 Å². The molecule has 0 saturated heterocycles. The van der Waals surface area contributed by atoms with Crippen molar-refractivity contribution in [2.45, 2.75) is 40.0 Å². The number of carbonyl (C=O) groups excluding carboxylic acids is 1. The average Bonchev–Trinajstić information content (AvgIpc) is 2.04. The van der Waals surface area contributed by atoms with E-state index in [0.29, 0.717) is 18.6 Å². The molecule has 66 valence electrons. The number of aliphatic carboxylic acids is 1.